The fraction of sp³-hybridized carbons (Fsp3) is 0.250. The van der Waals surface area contributed by atoms with Gasteiger partial charge in [0.15, 0.2) is 0 Å². The van der Waals surface area contributed by atoms with Crippen molar-refractivity contribution in [1.82, 2.24) is 4.98 Å². The maximum atomic E-state index is 10.4. The van der Waals surface area contributed by atoms with Crippen LogP contribution in [0.4, 0.5) is 0 Å². The van der Waals surface area contributed by atoms with Crippen LogP contribution in [-0.4, -0.2) is 17.3 Å². The topological polar surface area (TPSA) is 58.9 Å². The molecule has 0 fully saturated rings. The zero-order valence-corrected chi connectivity index (χ0v) is 8.58. The molecule has 77 valence electrons. The Hall–Kier alpha value is -1.61. The number of aromatic amines is 1. The normalized spacial score (nSPS) is 12.9. The van der Waals surface area contributed by atoms with Crippen LogP contribution in [0.3, 0.4) is 0 Å². The first-order valence-electron chi connectivity index (χ1n) is 4.90. The Balaban J connectivity index is 2.43. The summed E-state index contributed by atoms with van der Waals surface area (Å²) in [5, 5.41) is 1.14. The molecule has 3 heteroatoms. The average molecular weight is 201 g/mol. The first-order chi connectivity index (χ1) is 7.20. The van der Waals surface area contributed by atoms with Crippen LogP contribution in [0.5, 0.6) is 0 Å². The molecular weight excluding hydrogens is 188 g/mol. The van der Waals surface area contributed by atoms with Crippen LogP contribution >= 0.6 is 0 Å². The van der Waals surface area contributed by atoms with E-state index in [0.29, 0.717) is 6.42 Å². The van der Waals surface area contributed by atoms with Crippen LogP contribution in [0.15, 0.2) is 24.4 Å². The highest BCUT2D eigenvalue weighted by Gasteiger charge is 2.08. The van der Waals surface area contributed by atoms with Gasteiger partial charge in [-0.3, -0.25) is 4.79 Å². The van der Waals surface area contributed by atoms with E-state index in [2.05, 4.69) is 11.1 Å². The number of nitrogens with one attached hydrogen (secondary N) is 1. The summed E-state index contributed by atoms with van der Waals surface area (Å²) in [6.07, 6.45) is 4.24. The Morgan fingerprint density at radius 1 is 1.53 bits per heavy atom. The third-order valence-electron chi connectivity index (χ3n) is 2.51. The van der Waals surface area contributed by atoms with Crippen LogP contribution in [0.25, 0.3) is 10.9 Å². The third kappa shape index (κ3) is 1.92. The highest BCUT2D eigenvalue weighted by molar-refractivity contribution is 5.84. The summed E-state index contributed by atoms with van der Waals surface area (Å²) >= 11 is 0. The summed E-state index contributed by atoms with van der Waals surface area (Å²) in [5.41, 5.74) is 8.91. The van der Waals surface area contributed by atoms with Crippen LogP contribution in [0, 0.1) is 6.92 Å². The predicted molar refractivity (Wildman–Crippen MR) is 60.4 cm³/mol. The molecule has 2 aromatic rings. The van der Waals surface area contributed by atoms with Gasteiger partial charge in [0.2, 0.25) is 6.29 Å². The summed E-state index contributed by atoms with van der Waals surface area (Å²) in [6.45, 7) is 2.04. The maximum Gasteiger partial charge on any atom is 0.217 e. The zero-order valence-electron chi connectivity index (χ0n) is 8.58. The molecule has 15 heavy (non-hydrogen) atoms. The molecule has 2 rings (SSSR count). The van der Waals surface area contributed by atoms with Gasteiger partial charge in [-0.15, -0.1) is 0 Å². The maximum absolute atomic E-state index is 10.4. The Morgan fingerprint density at radius 2 is 2.33 bits per heavy atom. The molecule has 1 aromatic carbocycles. The minimum atomic E-state index is -0.537. The summed E-state index contributed by atoms with van der Waals surface area (Å²) in [5.74, 6) is 0. The van der Waals surface area contributed by atoms with Crippen LogP contribution in [-0.2, 0) is 11.2 Å². The number of aryl methyl sites for hydroxylation is 1. The second-order valence-electron chi connectivity index (χ2n) is 3.79. The molecule has 0 aliphatic heterocycles. The van der Waals surface area contributed by atoms with Gasteiger partial charge in [0.1, 0.15) is 0 Å². The number of aromatic nitrogens is 1. The first kappa shape index (κ1) is 9.93. The molecule has 0 spiro atoms. The minimum absolute atomic E-state index is 0.535. The van der Waals surface area contributed by atoms with Gasteiger partial charge in [-0.2, -0.15) is 0 Å². The number of fused-ring (bicyclic) bond motifs is 1. The molecule has 0 saturated carbocycles. The number of carbonyl (C=O) groups excluding carboxylic acids is 1. The van der Waals surface area contributed by atoms with E-state index < -0.39 is 6.04 Å². The highest BCUT2D eigenvalue weighted by Crippen LogP contribution is 2.20. The van der Waals surface area contributed by atoms with Crippen molar-refractivity contribution in [2.24, 2.45) is 5.73 Å². The van der Waals surface area contributed by atoms with Gasteiger partial charge in [-0.25, -0.2) is 0 Å². The van der Waals surface area contributed by atoms with E-state index in [-0.39, 0.29) is 0 Å². The molecular formula is C12H13N2O. The Labute approximate surface area is 88.3 Å². The second kappa shape index (κ2) is 3.87. The lowest BCUT2D eigenvalue weighted by Gasteiger charge is -2.01. The van der Waals surface area contributed by atoms with E-state index in [1.54, 1.807) is 6.29 Å². The molecule has 0 bridgehead atoms. The lowest BCUT2D eigenvalue weighted by Crippen LogP contribution is -2.23. The molecule has 0 aliphatic carbocycles. The Kier molecular flexibility index (Phi) is 2.56. The highest BCUT2D eigenvalue weighted by atomic mass is 16.1. The molecule has 3 nitrogen and oxygen atoms in total. The fourth-order valence-corrected chi connectivity index (χ4v) is 1.74. The quantitative estimate of drug-likeness (QED) is 0.789. The Morgan fingerprint density at radius 3 is 3.07 bits per heavy atom. The lowest BCUT2D eigenvalue weighted by atomic mass is 10.0. The average Bonchev–Trinajstić information content (AvgIpc) is 2.61. The zero-order chi connectivity index (χ0) is 10.8. The summed E-state index contributed by atoms with van der Waals surface area (Å²) in [7, 11) is 0. The smallest absolute Gasteiger partial charge is 0.217 e. The van der Waals surface area contributed by atoms with E-state index in [1.807, 2.05) is 25.3 Å². The van der Waals surface area contributed by atoms with Crippen LogP contribution < -0.4 is 5.73 Å². The van der Waals surface area contributed by atoms with Gasteiger partial charge in [0.25, 0.3) is 0 Å². The van der Waals surface area contributed by atoms with Crippen molar-refractivity contribution in [3.8, 4) is 0 Å². The van der Waals surface area contributed by atoms with E-state index >= 15 is 0 Å². The van der Waals surface area contributed by atoms with Crippen LogP contribution in [0.2, 0.25) is 0 Å². The number of hydrogen-bond donors (Lipinski definition) is 2. The SMILES string of the molecule is Cc1ccc2[nH]cc(CC(N)[C]=O)c2c1. The lowest BCUT2D eigenvalue weighted by molar-refractivity contribution is 0.541. The third-order valence-corrected chi connectivity index (χ3v) is 2.51. The van der Waals surface area contributed by atoms with Crippen molar-refractivity contribution in [2.45, 2.75) is 19.4 Å². The molecule has 1 heterocycles. The number of rotatable bonds is 3. The number of nitrogens with two attached hydrogens (primary N) is 1. The van der Waals surface area contributed by atoms with Gasteiger partial charge in [-0.1, -0.05) is 11.6 Å². The van der Waals surface area contributed by atoms with Gasteiger partial charge in [0, 0.05) is 17.1 Å². The van der Waals surface area contributed by atoms with Gasteiger partial charge in [0.05, 0.1) is 6.04 Å². The number of H-pyrrole nitrogens is 1. The van der Waals surface area contributed by atoms with E-state index in [4.69, 9.17) is 5.73 Å². The monoisotopic (exact) mass is 201 g/mol. The molecule has 1 aromatic heterocycles. The van der Waals surface area contributed by atoms with Crippen molar-refractivity contribution in [3.63, 3.8) is 0 Å². The molecule has 3 N–H and O–H groups in total. The van der Waals surface area contributed by atoms with Crippen molar-refractivity contribution in [3.05, 3.63) is 35.5 Å². The van der Waals surface area contributed by atoms with Crippen molar-refractivity contribution < 1.29 is 4.79 Å². The molecule has 1 atom stereocenters. The van der Waals surface area contributed by atoms with Gasteiger partial charge < -0.3 is 10.7 Å². The molecule has 1 radical (unpaired) electrons. The molecule has 0 saturated heterocycles. The van der Waals surface area contributed by atoms with Crippen molar-refractivity contribution in [1.29, 1.82) is 0 Å². The summed E-state index contributed by atoms with van der Waals surface area (Å²) in [6, 6.07) is 5.64. The molecule has 0 amide bonds. The predicted octanol–water partition coefficient (Wildman–Crippen LogP) is 1.46. The van der Waals surface area contributed by atoms with Gasteiger partial charge in [-0.05, 0) is 31.0 Å². The minimum Gasteiger partial charge on any atom is -0.361 e. The fourth-order valence-electron chi connectivity index (χ4n) is 1.74. The van der Waals surface area contributed by atoms with E-state index in [9.17, 15) is 4.79 Å². The number of benzene rings is 1. The largest absolute Gasteiger partial charge is 0.361 e. The van der Waals surface area contributed by atoms with Crippen molar-refractivity contribution >= 4 is 17.2 Å². The van der Waals surface area contributed by atoms with Crippen LogP contribution in [0.1, 0.15) is 11.1 Å². The molecule has 1 unspecified atom stereocenters. The summed E-state index contributed by atoms with van der Waals surface area (Å²) in [4.78, 5) is 13.5. The van der Waals surface area contributed by atoms with E-state index in [0.717, 1.165) is 16.5 Å². The number of hydrogen-bond acceptors (Lipinski definition) is 2. The van der Waals surface area contributed by atoms with E-state index in [1.165, 1.54) is 5.56 Å². The summed E-state index contributed by atoms with van der Waals surface area (Å²) < 4.78 is 0. The second-order valence-corrected chi connectivity index (χ2v) is 3.79. The first-order valence-corrected chi connectivity index (χ1v) is 4.90. The molecule has 0 aliphatic rings. The van der Waals surface area contributed by atoms with Crippen molar-refractivity contribution in [2.75, 3.05) is 0 Å². The van der Waals surface area contributed by atoms with Gasteiger partial charge >= 0.3 is 0 Å². The standard InChI is InChI=1S/C12H13N2O/c1-8-2-3-12-11(4-8)9(6-14-12)5-10(13)7-15/h2-4,6,10,14H,5,13H2,1H3. The Bertz CT molecular complexity index is 487.